The number of aryl methyl sites for hydroxylation is 1. The maximum atomic E-state index is 13.6. The SMILES string of the molecule is Cc1ccc(F)c(C(=O)CSc2ccccc2Br)c1. The third-order valence-electron chi connectivity index (χ3n) is 2.62. The van der Waals surface area contributed by atoms with Crippen LogP contribution >= 0.6 is 27.7 Å². The van der Waals surface area contributed by atoms with Crippen molar-refractivity contribution in [1.29, 1.82) is 0 Å². The molecule has 0 aromatic heterocycles. The van der Waals surface area contributed by atoms with Crippen LogP contribution in [0, 0.1) is 12.7 Å². The minimum atomic E-state index is -0.455. The first-order chi connectivity index (χ1) is 9.08. The second-order valence-electron chi connectivity index (χ2n) is 4.13. The fourth-order valence-electron chi connectivity index (χ4n) is 1.64. The van der Waals surface area contributed by atoms with Gasteiger partial charge in [0.15, 0.2) is 5.78 Å². The van der Waals surface area contributed by atoms with Gasteiger partial charge in [-0.2, -0.15) is 0 Å². The molecule has 2 aromatic rings. The first kappa shape index (κ1) is 14.3. The van der Waals surface area contributed by atoms with Gasteiger partial charge in [0.2, 0.25) is 0 Å². The monoisotopic (exact) mass is 338 g/mol. The minimum Gasteiger partial charge on any atom is -0.293 e. The van der Waals surface area contributed by atoms with Crippen LogP contribution in [0.3, 0.4) is 0 Å². The van der Waals surface area contributed by atoms with Crippen molar-refractivity contribution in [2.24, 2.45) is 0 Å². The number of carbonyl (C=O) groups excluding carboxylic acids is 1. The molecule has 0 N–H and O–H groups in total. The first-order valence-electron chi connectivity index (χ1n) is 5.74. The van der Waals surface area contributed by atoms with E-state index in [1.807, 2.05) is 31.2 Å². The number of benzene rings is 2. The molecule has 0 aliphatic rings. The molecule has 0 unspecified atom stereocenters. The molecule has 1 nitrogen and oxygen atoms in total. The van der Waals surface area contributed by atoms with E-state index in [9.17, 15) is 9.18 Å². The van der Waals surface area contributed by atoms with Crippen molar-refractivity contribution in [3.63, 3.8) is 0 Å². The molecule has 0 aliphatic heterocycles. The Kier molecular flexibility index (Phi) is 4.77. The Labute approximate surface area is 124 Å². The zero-order valence-corrected chi connectivity index (χ0v) is 12.7. The average Bonchev–Trinajstić information content (AvgIpc) is 2.40. The standard InChI is InChI=1S/C15H12BrFOS/c1-10-6-7-13(17)11(8-10)14(18)9-19-15-5-3-2-4-12(15)16/h2-8H,9H2,1H3. The minimum absolute atomic E-state index is 0.166. The lowest BCUT2D eigenvalue weighted by Crippen LogP contribution is -2.05. The number of rotatable bonds is 4. The summed E-state index contributed by atoms with van der Waals surface area (Å²) in [7, 11) is 0. The number of ketones is 1. The maximum absolute atomic E-state index is 13.6. The van der Waals surface area contributed by atoms with E-state index in [2.05, 4.69) is 15.9 Å². The predicted octanol–water partition coefficient (Wildman–Crippen LogP) is 4.87. The second kappa shape index (κ2) is 6.35. The highest BCUT2D eigenvalue weighted by atomic mass is 79.9. The third kappa shape index (κ3) is 3.67. The molecule has 0 aliphatic carbocycles. The van der Waals surface area contributed by atoms with E-state index in [4.69, 9.17) is 0 Å². The molecule has 0 spiro atoms. The van der Waals surface area contributed by atoms with Gasteiger partial charge in [-0.05, 0) is 47.1 Å². The van der Waals surface area contributed by atoms with Gasteiger partial charge in [0, 0.05) is 9.37 Å². The second-order valence-corrected chi connectivity index (χ2v) is 6.00. The summed E-state index contributed by atoms with van der Waals surface area (Å²) in [5.74, 6) is -0.423. The van der Waals surface area contributed by atoms with Gasteiger partial charge in [0.25, 0.3) is 0 Å². The van der Waals surface area contributed by atoms with E-state index < -0.39 is 5.82 Å². The van der Waals surface area contributed by atoms with Gasteiger partial charge in [-0.25, -0.2) is 4.39 Å². The third-order valence-corrected chi connectivity index (χ3v) is 4.65. The van der Waals surface area contributed by atoms with E-state index in [-0.39, 0.29) is 17.1 Å². The van der Waals surface area contributed by atoms with Crippen molar-refractivity contribution >= 4 is 33.5 Å². The molecule has 4 heteroatoms. The Bertz CT molecular complexity index is 613. The first-order valence-corrected chi connectivity index (χ1v) is 7.52. The van der Waals surface area contributed by atoms with Gasteiger partial charge < -0.3 is 0 Å². The summed E-state index contributed by atoms with van der Waals surface area (Å²) in [4.78, 5) is 13.0. The fraction of sp³-hybridized carbons (Fsp3) is 0.133. The lowest BCUT2D eigenvalue weighted by atomic mass is 10.1. The fourth-order valence-corrected chi connectivity index (χ4v) is 3.09. The molecule has 0 atom stereocenters. The number of carbonyl (C=O) groups is 1. The average molecular weight is 339 g/mol. The Morgan fingerprint density at radius 3 is 2.74 bits per heavy atom. The molecule has 0 fully saturated rings. The van der Waals surface area contributed by atoms with Crippen LogP contribution in [0.2, 0.25) is 0 Å². The lowest BCUT2D eigenvalue weighted by Gasteiger charge is -2.05. The largest absolute Gasteiger partial charge is 0.293 e. The topological polar surface area (TPSA) is 17.1 Å². The predicted molar refractivity (Wildman–Crippen MR) is 80.3 cm³/mol. The summed E-state index contributed by atoms with van der Waals surface area (Å²) in [6.45, 7) is 1.84. The smallest absolute Gasteiger partial charge is 0.176 e. The van der Waals surface area contributed by atoms with Crippen LogP contribution in [0.1, 0.15) is 15.9 Å². The number of thioether (sulfide) groups is 1. The molecule has 2 aromatic carbocycles. The van der Waals surface area contributed by atoms with Gasteiger partial charge in [-0.1, -0.05) is 23.8 Å². The molecule has 98 valence electrons. The van der Waals surface area contributed by atoms with Crippen molar-refractivity contribution < 1.29 is 9.18 Å². The quantitative estimate of drug-likeness (QED) is 0.584. The Morgan fingerprint density at radius 2 is 2.00 bits per heavy atom. The van der Waals surface area contributed by atoms with Crippen LogP contribution in [0.4, 0.5) is 4.39 Å². The molecule has 0 saturated carbocycles. The van der Waals surface area contributed by atoms with Crippen molar-refractivity contribution in [2.45, 2.75) is 11.8 Å². The highest BCUT2D eigenvalue weighted by Gasteiger charge is 2.12. The zero-order valence-electron chi connectivity index (χ0n) is 10.3. The summed E-state index contributed by atoms with van der Waals surface area (Å²) in [5.41, 5.74) is 1.05. The van der Waals surface area contributed by atoms with Gasteiger partial charge in [0.1, 0.15) is 5.82 Å². The highest BCUT2D eigenvalue weighted by molar-refractivity contribution is 9.10. The molecule has 2 rings (SSSR count). The van der Waals surface area contributed by atoms with Gasteiger partial charge in [-0.3, -0.25) is 4.79 Å². The van der Waals surface area contributed by atoms with Crippen molar-refractivity contribution in [3.05, 3.63) is 63.9 Å². The highest BCUT2D eigenvalue weighted by Crippen LogP contribution is 2.27. The molecule has 19 heavy (non-hydrogen) atoms. The summed E-state index contributed by atoms with van der Waals surface area (Å²) in [6.07, 6.45) is 0. The van der Waals surface area contributed by atoms with Crippen molar-refractivity contribution in [2.75, 3.05) is 5.75 Å². The Balaban J connectivity index is 2.10. The number of Topliss-reactive ketones (excluding diaryl/α,β-unsaturated/α-hetero) is 1. The molecular formula is C15H12BrFOS. The van der Waals surface area contributed by atoms with Crippen LogP contribution in [0.15, 0.2) is 51.8 Å². The van der Waals surface area contributed by atoms with E-state index in [0.29, 0.717) is 0 Å². The number of hydrogen-bond acceptors (Lipinski definition) is 2. The summed E-state index contributed by atoms with van der Waals surface area (Å²) in [5, 5.41) is 0. The maximum Gasteiger partial charge on any atom is 0.176 e. The van der Waals surface area contributed by atoms with Crippen LogP contribution < -0.4 is 0 Å². The summed E-state index contributed by atoms with van der Waals surface area (Å²) in [6, 6.07) is 12.3. The van der Waals surface area contributed by atoms with Gasteiger partial charge in [-0.15, -0.1) is 11.8 Å². The summed E-state index contributed by atoms with van der Waals surface area (Å²) < 4.78 is 14.5. The number of hydrogen-bond donors (Lipinski definition) is 0. The summed E-state index contributed by atoms with van der Waals surface area (Å²) >= 11 is 4.82. The molecule has 0 radical (unpaired) electrons. The van der Waals surface area contributed by atoms with Crippen molar-refractivity contribution in [1.82, 2.24) is 0 Å². The van der Waals surface area contributed by atoms with E-state index in [1.165, 1.54) is 17.8 Å². The van der Waals surface area contributed by atoms with Crippen molar-refractivity contribution in [3.8, 4) is 0 Å². The van der Waals surface area contributed by atoms with Crippen LogP contribution in [-0.4, -0.2) is 11.5 Å². The zero-order chi connectivity index (χ0) is 13.8. The lowest BCUT2D eigenvalue weighted by molar-refractivity contribution is 0.101. The van der Waals surface area contributed by atoms with Gasteiger partial charge in [0.05, 0.1) is 11.3 Å². The molecule has 0 amide bonds. The molecular weight excluding hydrogens is 327 g/mol. The van der Waals surface area contributed by atoms with Crippen LogP contribution in [-0.2, 0) is 0 Å². The van der Waals surface area contributed by atoms with Gasteiger partial charge >= 0.3 is 0 Å². The van der Waals surface area contributed by atoms with Crippen LogP contribution in [0.25, 0.3) is 0 Å². The Hall–Kier alpha value is -1.13. The van der Waals surface area contributed by atoms with E-state index >= 15 is 0 Å². The number of halogens is 2. The van der Waals surface area contributed by atoms with E-state index in [1.54, 1.807) is 12.1 Å². The Morgan fingerprint density at radius 1 is 1.26 bits per heavy atom. The normalized spacial score (nSPS) is 10.5. The molecule has 0 heterocycles. The molecule has 0 bridgehead atoms. The van der Waals surface area contributed by atoms with E-state index in [0.717, 1.165) is 14.9 Å². The van der Waals surface area contributed by atoms with Crippen LogP contribution in [0.5, 0.6) is 0 Å². The molecule has 0 saturated heterocycles.